The molecule has 3 nitrogen and oxygen atoms in total. The van der Waals surface area contributed by atoms with E-state index in [4.69, 9.17) is 0 Å². The van der Waals surface area contributed by atoms with Crippen LogP contribution in [-0.2, 0) is 6.54 Å². The van der Waals surface area contributed by atoms with Crippen molar-refractivity contribution in [3.63, 3.8) is 0 Å². The molecule has 1 N–H and O–H groups in total. The molecule has 1 atom stereocenters. The van der Waals surface area contributed by atoms with Gasteiger partial charge in [0.1, 0.15) is 0 Å². The summed E-state index contributed by atoms with van der Waals surface area (Å²) in [7, 11) is 0. The van der Waals surface area contributed by atoms with Crippen molar-refractivity contribution in [3.05, 3.63) is 57.9 Å². The molecule has 3 aromatic rings. The Morgan fingerprint density at radius 2 is 2.10 bits per heavy atom. The molecule has 110 valence electrons. The number of aromatic nitrogens is 2. The van der Waals surface area contributed by atoms with Gasteiger partial charge in [-0.05, 0) is 38.8 Å². The number of hydrogen-bond donors (Lipinski definition) is 1. The highest BCUT2D eigenvalue weighted by Crippen LogP contribution is 2.21. The van der Waals surface area contributed by atoms with E-state index in [2.05, 4.69) is 72.2 Å². The van der Waals surface area contributed by atoms with E-state index in [1.165, 1.54) is 22.4 Å². The molecule has 0 radical (unpaired) electrons. The summed E-state index contributed by atoms with van der Waals surface area (Å²) in [6.07, 6.45) is 2.10. The van der Waals surface area contributed by atoms with Crippen LogP contribution < -0.4 is 5.32 Å². The van der Waals surface area contributed by atoms with Gasteiger partial charge in [-0.3, -0.25) is 4.40 Å². The Labute approximate surface area is 129 Å². The van der Waals surface area contributed by atoms with Crippen LogP contribution in [0.15, 0.2) is 29.8 Å². The van der Waals surface area contributed by atoms with Crippen LogP contribution in [0.25, 0.3) is 4.96 Å². The molecule has 0 amide bonds. The van der Waals surface area contributed by atoms with Gasteiger partial charge in [-0.2, -0.15) is 0 Å². The van der Waals surface area contributed by atoms with Crippen LogP contribution in [0, 0.1) is 20.8 Å². The van der Waals surface area contributed by atoms with Crippen molar-refractivity contribution in [2.24, 2.45) is 0 Å². The van der Waals surface area contributed by atoms with Gasteiger partial charge in [0.15, 0.2) is 4.96 Å². The van der Waals surface area contributed by atoms with Crippen LogP contribution in [0.3, 0.4) is 0 Å². The minimum absolute atomic E-state index is 0.328. The molecule has 0 spiro atoms. The van der Waals surface area contributed by atoms with E-state index in [0.29, 0.717) is 6.04 Å². The fraction of sp³-hybridized carbons (Fsp3) is 0.353. The number of benzene rings is 1. The van der Waals surface area contributed by atoms with E-state index < -0.39 is 0 Å². The Balaban J connectivity index is 1.78. The Morgan fingerprint density at radius 3 is 2.86 bits per heavy atom. The van der Waals surface area contributed by atoms with Crippen LogP contribution >= 0.6 is 11.3 Å². The summed E-state index contributed by atoms with van der Waals surface area (Å²) in [5, 5.41) is 5.71. The van der Waals surface area contributed by atoms with Gasteiger partial charge in [0.2, 0.25) is 0 Å². The van der Waals surface area contributed by atoms with Crippen LogP contribution in [0.2, 0.25) is 0 Å². The van der Waals surface area contributed by atoms with Gasteiger partial charge in [0.25, 0.3) is 0 Å². The van der Waals surface area contributed by atoms with Crippen LogP contribution in [0.5, 0.6) is 0 Å². The summed E-state index contributed by atoms with van der Waals surface area (Å²) in [5.74, 6) is 0. The second-order valence-electron chi connectivity index (χ2n) is 5.66. The van der Waals surface area contributed by atoms with Gasteiger partial charge in [-0.15, -0.1) is 11.3 Å². The van der Waals surface area contributed by atoms with E-state index in [1.54, 1.807) is 11.3 Å². The van der Waals surface area contributed by atoms with Crippen molar-refractivity contribution in [3.8, 4) is 0 Å². The maximum Gasteiger partial charge on any atom is 0.194 e. The molecule has 21 heavy (non-hydrogen) atoms. The molecule has 1 aromatic carbocycles. The van der Waals surface area contributed by atoms with Crippen molar-refractivity contribution in [1.29, 1.82) is 0 Å². The minimum atomic E-state index is 0.328. The molecule has 2 aromatic heterocycles. The smallest absolute Gasteiger partial charge is 0.194 e. The van der Waals surface area contributed by atoms with Gasteiger partial charge < -0.3 is 5.32 Å². The van der Waals surface area contributed by atoms with Gasteiger partial charge in [-0.1, -0.05) is 23.8 Å². The number of fused-ring (bicyclic) bond motifs is 1. The number of nitrogens with one attached hydrogen (secondary N) is 1. The average Bonchev–Trinajstić information content (AvgIpc) is 2.97. The summed E-state index contributed by atoms with van der Waals surface area (Å²) in [4.78, 5) is 5.67. The molecule has 0 aliphatic carbocycles. The van der Waals surface area contributed by atoms with Crippen LogP contribution in [0.1, 0.15) is 41.0 Å². The Morgan fingerprint density at radius 1 is 1.29 bits per heavy atom. The number of nitrogens with zero attached hydrogens (tertiary/aromatic N) is 2. The molecule has 2 heterocycles. The zero-order valence-electron chi connectivity index (χ0n) is 13.0. The lowest BCUT2D eigenvalue weighted by molar-refractivity contribution is 0.562. The normalized spacial score (nSPS) is 13.0. The molecule has 1 unspecified atom stereocenters. The Bertz CT molecular complexity index is 770. The third-order valence-electron chi connectivity index (χ3n) is 4.03. The average molecular weight is 299 g/mol. The van der Waals surface area contributed by atoms with E-state index in [-0.39, 0.29) is 0 Å². The second kappa shape index (κ2) is 5.62. The van der Waals surface area contributed by atoms with Gasteiger partial charge in [0.05, 0.1) is 11.4 Å². The third-order valence-corrected chi connectivity index (χ3v) is 4.79. The van der Waals surface area contributed by atoms with Gasteiger partial charge in [-0.25, -0.2) is 4.98 Å². The first kappa shape index (κ1) is 14.3. The van der Waals surface area contributed by atoms with E-state index >= 15 is 0 Å². The predicted octanol–water partition coefficient (Wildman–Crippen LogP) is 4.17. The lowest BCUT2D eigenvalue weighted by Crippen LogP contribution is -2.20. The lowest BCUT2D eigenvalue weighted by atomic mass is 10.0. The highest BCUT2D eigenvalue weighted by atomic mass is 32.1. The van der Waals surface area contributed by atoms with Gasteiger partial charge >= 0.3 is 0 Å². The zero-order chi connectivity index (χ0) is 15.0. The fourth-order valence-corrected chi connectivity index (χ4v) is 3.60. The molecule has 3 rings (SSSR count). The van der Waals surface area contributed by atoms with Crippen molar-refractivity contribution < 1.29 is 0 Å². The Kier molecular flexibility index (Phi) is 3.83. The minimum Gasteiger partial charge on any atom is -0.305 e. The molecule has 0 aliphatic rings. The van der Waals surface area contributed by atoms with Crippen LogP contribution in [-0.4, -0.2) is 9.38 Å². The SMILES string of the molecule is Cc1ccc(C(C)NCc2c(C)nc3sccn23)c(C)c1. The van der Waals surface area contributed by atoms with Crippen molar-refractivity contribution in [2.75, 3.05) is 0 Å². The first-order chi connectivity index (χ1) is 10.1. The summed E-state index contributed by atoms with van der Waals surface area (Å²) in [6, 6.07) is 6.98. The fourth-order valence-electron chi connectivity index (χ4n) is 2.82. The number of aryl methyl sites for hydroxylation is 3. The molecule has 0 saturated carbocycles. The quantitative estimate of drug-likeness (QED) is 0.783. The first-order valence-corrected chi connectivity index (χ1v) is 8.16. The van der Waals surface area contributed by atoms with E-state index in [9.17, 15) is 0 Å². The third kappa shape index (κ3) is 2.74. The standard InChI is InChI=1S/C17H21N3S/c1-11-5-6-15(12(2)9-11)13(3)18-10-16-14(4)19-17-20(16)7-8-21-17/h5-9,13,18H,10H2,1-4H3. The molecular weight excluding hydrogens is 278 g/mol. The molecule has 0 fully saturated rings. The zero-order valence-corrected chi connectivity index (χ0v) is 13.8. The maximum absolute atomic E-state index is 4.59. The maximum atomic E-state index is 4.59. The highest BCUT2D eigenvalue weighted by Gasteiger charge is 2.12. The summed E-state index contributed by atoms with van der Waals surface area (Å²) >= 11 is 1.68. The second-order valence-corrected chi connectivity index (χ2v) is 6.54. The monoisotopic (exact) mass is 299 g/mol. The number of imidazole rings is 1. The molecular formula is C17H21N3S. The topological polar surface area (TPSA) is 29.3 Å². The van der Waals surface area contributed by atoms with Crippen molar-refractivity contribution in [2.45, 2.75) is 40.3 Å². The van der Waals surface area contributed by atoms with Gasteiger partial charge in [0, 0.05) is 24.2 Å². The molecule has 0 bridgehead atoms. The summed E-state index contributed by atoms with van der Waals surface area (Å²) in [5.41, 5.74) is 6.39. The van der Waals surface area contributed by atoms with Crippen molar-refractivity contribution in [1.82, 2.24) is 14.7 Å². The molecule has 0 saturated heterocycles. The Hall–Kier alpha value is -1.65. The lowest BCUT2D eigenvalue weighted by Gasteiger charge is -2.17. The molecule has 4 heteroatoms. The first-order valence-electron chi connectivity index (χ1n) is 7.28. The predicted molar refractivity (Wildman–Crippen MR) is 89.0 cm³/mol. The summed E-state index contributed by atoms with van der Waals surface area (Å²) < 4.78 is 2.18. The highest BCUT2D eigenvalue weighted by molar-refractivity contribution is 7.15. The molecule has 0 aliphatic heterocycles. The summed E-state index contributed by atoms with van der Waals surface area (Å²) in [6.45, 7) is 9.45. The van der Waals surface area contributed by atoms with E-state index in [1.807, 2.05) is 0 Å². The van der Waals surface area contributed by atoms with Crippen LogP contribution in [0.4, 0.5) is 0 Å². The van der Waals surface area contributed by atoms with Crippen molar-refractivity contribution >= 4 is 16.3 Å². The van der Waals surface area contributed by atoms with E-state index in [0.717, 1.165) is 17.2 Å². The number of thiazole rings is 1. The number of hydrogen-bond acceptors (Lipinski definition) is 3. The largest absolute Gasteiger partial charge is 0.305 e. The number of rotatable bonds is 4.